The quantitative estimate of drug-likeness (QED) is 0.683. The third-order valence-corrected chi connectivity index (χ3v) is 4.16. The average molecular weight is 312 g/mol. The minimum atomic E-state index is -0.419. The summed E-state index contributed by atoms with van der Waals surface area (Å²) in [4.78, 5) is 14.0. The smallest absolute Gasteiger partial charge is 0.410 e. The van der Waals surface area contributed by atoms with E-state index >= 15 is 0 Å². The van der Waals surface area contributed by atoms with E-state index in [2.05, 4.69) is 12.2 Å². The number of nitrogens with one attached hydrogen (secondary N) is 1. The molecular weight excluding hydrogens is 276 g/mol. The average Bonchev–Trinajstić information content (AvgIpc) is 2.45. The fourth-order valence-electron chi connectivity index (χ4n) is 3.01. The van der Waals surface area contributed by atoms with E-state index in [9.17, 15) is 4.79 Å². The molecule has 0 aromatic carbocycles. The van der Waals surface area contributed by atoms with Crippen LogP contribution in [0.1, 0.15) is 72.6 Å². The Labute approximate surface area is 137 Å². The van der Waals surface area contributed by atoms with Crippen LogP contribution in [0.3, 0.4) is 0 Å². The Bertz CT molecular complexity index is 307. The highest BCUT2D eigenvalue weighted by molar-refractivity contribution is 5.68. The molecule has 0 unspecified atom stereocenters. The second-order valence-electron chi connectivity index (χ2n) is 7.51. The van der Waals surface area contributed by atoms with Crippen LogP contribution in [0.5, 0.6) is 0 Å². The van der Waals surface area contributed by atoms with Crippen molar-refractivity contribution in [1.29, 1.82) is 0 Å². The van der Waals surface area contributed by atoms with Crippen LogP contribution in [-0.2, 0) is 4.74 Å². The van der Waals surface area contributed by atoms with Crippen molar-refractivity contribution in [3.8, 4) is 0 Å². The van der Waals surface area contributed by atoms with Crippen molar-refractivity contribution in [2.45, 2.75) is 78.2 Å². The Balaban J connectivity index is 2.18. The van der Waals surface area contributed by atoms with Crippen LogP contribution in [0.15, 0.2) is 0 Å². The molecule has 0 aromatic heterocycles. The van der Waals surface area contributed by atoms with Crippen LogP contribution < -0.4 is 5.32 Å². The fraction of sp³-hybridized carbons (Fsp3) is 0.944. The van der Waals surface area contributed by atoms with Gasteiger partial charge in [0.1, 0.15) is 5.60 Å². The summed E-state index contributed by atoms with van der Waals surface area (Å²) < 4.78 is 5.46. The Morgan fingerprint density at radius 3 is 2.41 bits per heavy atom. The molecule has 1 aliphatic carbocycles. The molecular formula is C18H36N2O2. The predicted octanol–water partition coefficient (Wildman–Crippen LogP) is 4.19. The van der Waals surface area contributed by atoms with E-state index in [1.54, 1.807) is 0 Å². The molecule has 0 aliphatic heterocycles. The van der Waals surface area contributed by atoms with Crippen LogP contribution in [0.25, 0.3) is 0 Å². The van der Waals surface area contributed by atoms with Gasteiger partial charge >= 0.3 is 6.09 Å². The van der Waals surface area contributed by atoms with Gasteiger partial charge in [0.2, 0.25) is 0 Å². The number of hydrogen-bond donors (Lipinski definition) is 1. The molecule has 0 spiro atoms. The maximum absolute atomic E-state index is 12.1. The molecule has 1 aliphatic rings. The number of amides is 1. The summed E-state index contributed by atoms with van der Waals surface area (Å²) >= 11 is 0. The summed E-state index contributed by atoms with van der Waals surface area (Å²) in [6, 6.07) is 0. The van der Waals surface area contributed by atoms with Crippen LogP contribution in [0.4, 0.5) is 4.79 Å². The molecule has 130 valence electrons. The van der Waals surface area contributed by atoms with Gasteiger partial charge in [-0.2, -0.15) is 0 Å². The summed E-state index contributed by atoms with van der Waals surface area (Å²) in [5, 5.41) is 3.49. The SMILES string of the molecule is CCCN(CCNCCC1CCCCC1)C(=O)OC(C)(C)C. The molecule has 22 heavy (non-hydrogen) atoms. The first-order valence-electron chi connectivity index (χ1n) is 9.11. The highest BCUT2D eigenvalue weighted by Gasteiger charge is 2.21. The van der Waals surface area contributed by atoms with E-state index in [-0.39, 0.29) is 6.09 Å². The summed E-state index contributed by atoms with van der Waals surface area (Å²) in [6.45, 7) is 11.2. The van der Waals surface area contributed by atoms with Crippen molar-refractivity contribution in [3.05, 3.63) is 0 Å². The van der Waals surface area contributed by atoms with E-state index in [0.717, 1.165) is 38.5 Å². The summed E-state index contributed by atoms with van der Waals surface area (Å²) in [6.07, 6.45) is 9.10. The fourth-order valence-corrected chi connectivity index (χ4v) is 3.01. The van der Waals surface area contributed by atoms with E-state index in [1.807, 2.05) is 25.7 Å². The van der Waals surface area contributed by atoms with Crippen molar-refractivity contribution in [2.75, 3.05) is 26.2 Å². The Morgan fingerprint density at radius 1 is 1.14 bits per heavy atom. The number of hydrogen-bond acceptors (Lipinski definition) is 3. The molecule has 1 amide bonds. The van der Waals surface area contributed by atoms with Gasteiger partial charge in [0, 0.05) is 19.6 Å². The first kappa shape index (κ1) is 19.3. The van der Waals surface area contributed by atoms with Crippen molar-refractivity contribution < 1.29 is 9.53 Å². The van der Waals surface area contributed by atoms with Gasteiger partial charge in [0.05, 0.1) is 0 Å². The second-order valence-corrected chi connectivity index (χ2v) is 7.51. The zero-order valence-corrected chi connectivity index (χ0v) is 15.1. The van der Waals surface area contributed by atoms with Crippen molar-refractivity contribution >= 4 is 6.09 Å². The van der Waals surface area contributed by atoms with Crippen LogP contribution in [0.2, 0.25) is 0 Å². The summed E-state index contributed by atoms with van der Waals surface area (Å²) in [5.74, 6) is 0.916. The van der Waals surface area contributed by atoms with E-state index < -0.39 is 5.60 Å². The minimum absolute atomic E-state index is 0.191. The monoisotopic (exact) mass is 312 g/mol. The third-order valence-electron chi connectivity index (χ3n) is 4.16. The second kappa shape index (κ2) is 10.1. The molecule has 0 heterocycles. The van der Waals surface area contributed by atoms with Crippen LogP contribution in [-0.4, -0.2) is 42.8 Å². The highest BCUT2D eigenvalue weighted by atomic mass is 16.6. The highest BCUT2D eigenvalue weighted by Crippen LogP contribution is 2.25. The van der Waals surface area contributed by atoms with E-state index in [1.165, 1.54) is 38.5 Å². The van der Waals surface area contributed by atoms with Gasteiger partial charge in [-0.05, 0) is 46.1 Å². The Morgan fingerprint density at radius 2 is 1.82 bits per heavy atom. The van der Waals surface area contributed by atoms with Gasteiger partial charge in [-0.1, -0.05) is 39.0 Å². The van der Waals surface area contributed by atoms with Crippen LogP contribution >= 0.6 is 0 Å². The number of rotatable bonds is 8. The molecule has 4 heteroatoms. The van der Waals surface area contributed by atoms with E-state index in [4.69, 9.17) is 4.74 Å². The van der Waals surface area contributed by atoms with Gasteiger partial charge in [0.15, 0.2) is 0 Å². The lowest BCUT2D eigenvalue weighted by Gasteiger charge is -2.27. The molecule has 1 saturated carbocycles. The molecule has 0 saturated heterocycles. The van der Waals surface area contributed by atoms with Gasteiger partial charge in [-0.25, -0.2) is 4.79 Å². The molecule has 0 bridgehead atoms. The maximum atomic E-state index is 12.1. The van der Waals surface area contributed by atoms with Gasteiger partial charge in [-0.3, -0.25) is 0 Å². The predicted molar refractivity (Wildman–Crippen MR) is 92.2 cm³/mol. The first-order valence-corrected chi connectivity index (χ1v) is 9.11. The Kier molecular flexibility index (Phi) is 8.84. The maximum Gasteiger partial charge on any atom is 0.410 e. The van der Waals surface area contributed by atoms with Gasteiger partial charge < -0.3 is 15.0 Å². The topological polar surface area (TPSA) is 41.6 Å². The number of ether oxygens (including phenoxy) is 1. The van der Waals surface area contributed by atoms with Crippen molar-refractivity contribution in [1.82, 2.24) is 10.2 Å². The number of nitrogens with zero attached hydrogens (tertiary/aromatic N) is 1. The lowest BCUT2D eigenvalue weighted by molar-refractivity contribution is 0.0252. The summed E-state index contributed by atoms with van der Waals surface area (Å²) in [7, 11) is 0. The van der Waals surface area contributed by atoms with Crippen LogP contribution in [0, 0.1) is 5.92 Å². The molecule has 1 N–H and O–H groups in total. The lowest BCUT2D eigenvalue weighted by Crippen LogP contribution is -2.41. The molecule has 0 atom stereocenters. The first-order chi connectivity index (χ1) is 10.4. The minimum Gasteiger partial charge on any atom is -0.444 e. The summed E-state index contributed by atoms with van der Waals surface area (Å²) in [5.41, 5.74) is -0.419. The third kappa shape index (κ3) is 8.62. The standard InChI is InChI=1S/C18H36N2O2/c1-5-14-20(17(21)22-18(2,3)4)15-13-19-12-11-16-9-7-6-8-10-16/h16,19H,5-15H2,1-4H3. The molecule has 0 aromatic rings. The van der Waals surface area contributed by atoms with Crippen molar-refractivity contribution in [3.63, 3.8) is 0 Å². The van der Waals surface area contributed by atoms with Gasteiger partial charge in [-0.15, -0.1) is 0 Å². The Hall–Kier alpha value is -0.770. The van der Waals surface area contributed by atoms with E-state index in [0.29, 0.717) is 0 Å². The normalized spacial score (nSPS) is 16.5. The number of carbonyl (C=O) groups is 1. The molecule has 0 radical (unpaired) electrons. The zero-order valence-electron chi connectivity index (χ0n) is 15.1. The number of carbonyl (C=O) groups excluding carboxylic acids is 1. The van der Waals surface area contributed by atoms with Crippen molar-refractivity contribution in [2.24, 2.45) is 5.92 Å². The lowest BCUT2D eigenvalue weighted by atomic mass is 9.87. The molecule has 1 fully saturated rings. The van der Waals surface area contributed by atoms with Gasteiger partial charge in [0.25, 0.3) is 0 Å². The molecule has 1 rings (SSSR count). The zero-order chi connectivity index (χ0) is 16.4. The largest absolute Gasteiger partial charge is 0.444 e. The molecule has 4 nitrogen and oxygen atoms in total.